The van der Waals surface area contributed by atoms with Gasteiger partial charge >= 0.3 is 0 Å². The number of hydrogen-bond donors (Lipinski definition) is 0. The van der Waals surface area contributed by atoms with E-state index in [1.54, 1.807) is 0 Å². The van der Waals surface area contributed by atoms with Gasteiger partial charge in [-0.25, -0.2) is 0 Å². The van der Waals surface area contributed by atoms with Gasteiger partial charge in [-0.1, -0.05) is 45.3 Å². The lowest BCUT2D eigenvalue weighted by Crippen LogP contribution is -1.78. The summed E-state index contributed by atoms with van der Waals surface area (Å²) in [5, 5.41) is 3.45. The van der Waals surface area contributed by atoms with Crippen LogP contribution < -0.4 is 0 Å². The Hall–Kier alpha value is -1.25. The molecular weight excluding hydrogens is 254 g/mol. The molecule has 0 spiro atoms. The van der Waals surface area contributed by atoms with Crippen LogP contribution in [0.2, 0.25) is 0 Å². The lowest BCUT2D eigenvalue weighted by Gasteiger charge is -1.98. The minimum atomic E-state index is 0.514. The van der Waals surface area contributed by atoms with E-state index in [4.69, 9.17) is 5.53 Å². The highest BCUT2D eigenvalue weighted by molar-refractivity contribution is 9.10. The Morgan fingerprint density at radius 2 is 2.33 bits per heavy atom. The first kappa shape index (κ1) is 11.8. The quantitative estimate of drug-likeness (QED) is 0.334. The zero-order chi connectivity index (χ0) is 11.1. The number of halogens is 1. The minimum Gasteiger partial charge on any atom is -0.0937 e. The summed E-state index contributed by atoms with van der Waals surface area (Å²) in [5.74, 6) is 0. The van der Waals surface area contributed by atoms with Crippen molar-refractivity contribution in [1.82, 2.24) is 0 Å². The monoisotopic (exact) mass is 265 g/mol. The van der Waals surface area contributed by atoms with Crippen LogP contribution in [0.25, 0.3) is 16.5 Å². The Labute approximate surface area is 97.6 Å². The van der Waals surface area contributed by atoms with Crippen LogP contribution in [0, 0.1) is 6.92 Å². The Morgan fingerprint density at radius 1 is 1.53 bits per heavy atom. The number of azide groups is 1. The third kappa shape index (κ3) is 4.19. The maximum absolute atomic E-state index is 8.08. The van der Waals surface area contributed by atoms with E-state index < -0.39 is 0 Å². The predicted molar refractivity (Wildman–Crippen MR) is 66.5 cm³/mol. The summed E-state index contributed by atoms with van der Waals surface area (Å²) in [6.07, 6.45) is 4.80. The maximum atomic E-state index is 8.08. The molecule has 1 aromatic carbocycles. The predicted octanol–water partition coefficient (Wildman–Crippen LogP) is 4.47. The smallest absolute Gasteiger partial charge is 0.0292 e. The standard InChI is InChI=1S/C11H12BrN3/c1-9-5-6-10(8-11(9)12)4-2-3-7-14-15-13/h2,4-6,8H,3,7H2,1H3. The van der Waals surface area contributed by atoms with Gasteiger partial charge in [-0.05, 0) is 36.1 Å². The summed E-state index contributed by atoms with van der Waals surface area (Å²) in [6, 6.07) is 6.20. The summed E-state index contributed by atoms with van der Waals surface area (Å²) in [5.41, 5.74) is 10.4. The second-order valence-electron chi connectivity index (χ2n) is 3.15. The van der Waals surface area contributed by atoms with Gasteiger partial charge < -0.3 is 0 Å². The summed E-state index contributed by atoms with van der Waals surface area (Å²) >= 11 is 3.48. The van der Waals surface area contributed by atoms with Gasteiger partial charge in [0.25, 0.3) is 0 Å². The summed E-state index contributed by atoms with van der Waals surface area (Å²) in [6.45, 7) is 2.57. The number of aryl methyl sites for hydroxylation is 1. The summed E-state index contributed by atoms with van der Waals surface area (Å²) in [7, 11) is 0. The maximum Gasteiger partial charge on any atom is 0.0292 e. The minimum absolute atomic E-state index is 0.514. The number of hydrogen-bond acceptors (Lipinski definition) is 1. The van der Waals surface area contributed by atoms with Crippen molar-refractivity contribution >= 4 is 22.0 Å². The summed E-state index contributed by atoms with van der Waals surface area (Å²) < 4.78 is 1.11. The van der Waals surface area contributed by atoms with E-state index in [2.05, 4.69) is 51.1 Å². The molecule has 4 heteroatoms. The molecule has 0 amide bonds. The van der Waals surface area contributed by atoms with Crippen LogP contribution in [-0.2, 0) is 0 Å². The molecule has 0 saturated heterocycles. The van der Waals surface area contributed by atoms with Gasteiger partial charge in [0.15, 0.2) is 0 Å². The third-order valence-electron chi connectivity index (χ3n) is 1.97. The van der Waals surface area contributed by atoms with Crippen molar-refractivity contribution in [1.29, 1.82) is 0 Å². The molecule has 0 fully saturated rings. The molecule has 0 bridgehead atoms. The van der Waals surface area contributed by atoms with E-state index >= 15 is 0 Å². The molecule has 0 aliphatic carbocycles. The van der Waals surface area contributed by atoms with Crippen LogP contribution in [0.5, 0.6) is 0 Å². The fourth-order valence-corrected chi connectivity index (χ4v) is 1.51. The normalized spacial score (nSPS) is 10.3. The van der Waals surface area contributed by atoms with Crippen LogP contribution in [0.15, 0.2) is 33.9 Å². The number of benzene rings is 1. The SMILES string of the molecule is Cc1ccc(C=CCCN=[N+]=[N-])cc1Br. The van der Waals surface area contributed by atoms with Crippen molar-refractivity contribution in [2.45, 2.75) is 13.3 Å². The average Bonchev–Trinajstić information content (AvgIpc) is 2.23. The molecule has 0 atom stereocenters. The first-order valence-corrected chi connectivity index (χ1v) is 5.47. The molecule has 15 heavy (non-hydrogen) atoms. The van der Waals surface area contributed by atoms with Crippen LogP contribution in [-0.4, -0.2) is 6.54 Å². The van der Waals surface area contributed by atoms with Crippen molar-refractivity contribution < 1.29 is 0 Å². The molecule has 1 rings (SSSR count). The van der Waals surface area contributed by atoms with E-state index in [9.17, 15) is 0 Å². The Bertz CT molecular complexity index is 406. The second kappa shape index (κ2) is 6.27. The molecule has 0 aromatic heterocycles. The molecule has 0 heterocycles. The van der Waals surface area contributed by atoms with Crippen LogP contribution in [0.3, 0.4) is 0 Å². The van der Waals surface area contributed by atoms with Gasteiger partial charge in [0.1, 0.15) is 0 Å². The van der Waals surface area contributed by atoms with Crippen molar-refractivity contribution in [3.8, 4) is 0 Å². The molecule has 1 aromatic rings. The van der Waals surface area contributed by atoms with E-state index in [0.29, 0.717) is 6.54 Å². The summed E-state index contributed by atoms with van der Waals surface area (Å²) in [4.78, 5) is 2.69. The lowest BCUT2D eigenvalue weighted by molar-refractivity contribution is 0.995. The van der Waals surface area contributed by atoms with Crippen molar-refractivity contribution in [2.24, 2.45) is 5.11 Å². The molecule has 0 unspecified atom stereocenters. The highest BCUT2D eigenvalue weighted by atomic mass is 79.9. The molecule has 0 aliphatic rings. The first-order valence-electron chi connectivity index (χ1n) is 4.67. The lowest BCUT2D eigenvalue weighted by atomic mass is 10.1. The van der Waals surface area contributed by atoms with E-state index in [0.717, 1.165) is 16.5 Å². The highest BCUT2D eigenvalue weighted by Crippen LogP contribution is 2.18. The second-order valence-corrected chi connectivity index (χ2v) is 4.01. The molecule has 78 valence electrons. The van der Waals surface area contributed by atoms with Crippen LogP contribution >= 0.6 is 15.9 Å². The molecular formula is C11H12BrN3. The van der Waals surface area contributed by atoms with E-state index in [-0.39, 0.29) is 0 Å². The van der Waals surface area contributed by atoms with Crippen molar-refractivity contribution in [3.63, 3.8) is 0 Å². The third-order valence-corrected chi connectivity index (χ3v) is 2.82. The molecule has 3 nitrogen and oxygen atoms in total. The van der Waals surface area contributed by atoms with Gasteiger partial charge in [-0.15, -0.1) is 0 Å². The topological polar surface area (TPSA) is 48.8 Å². The van der Waals surface area contributed by atoms with Crippen molar-refractivity contribution in [2.75, 3.05) is 6.54 Å². The Balaban J connectivity index is 2.56. The van der Waals surface area contributed by atoms with Gasteiger partial charge in [0.2, 0.25) is 0 Å². The largest absolute Gasteiger partial charge is 0.0937 e. The zero-order valence-corrected chi connectivity index (χ0v) is 10.1. The molecule has 0 N–H and O–H groups in total. The molecule has 0 aliphatic heterocycles. The Kier molecular flexibility index (Phi) is 4.95. The number of nitrogens with zero attached hydrogens (tertiary/aromatic N) is 3. The number of rotatable bonds is 4. The van der Waals surface area contributed by atoms with Gasteiger partial charge in [-0.3, -0.25) is 0 Å². The van der Waals surface area contributed by atoms with Crippen LogP contribution in [0.1, 0.15) is 17.5 Å². The fourth-order valence-electron chi connectivity index (χ4n) is 1.11. The van der Waals surface area contributed by atoms with Crippen molar-refractivity contribution in [3.05, 3.63) is 50.3 Å². The molecule has 0 radical (unpaired) electrons. The van der Waals surface area contributed by atoms with E-state index in [1.807, 2.05) is 12.2 Å². The first-order chi connectivity index (χ1) is 7.24. The Morgan fingerprint density at radius 3 is 3.00 bits per heavy atom. The highest BCUT2D eigenvalue weighted by Gasteiger charge is 1.93. The average molecular weight is 266 g/mol. The fraction of sp³-hybridized carbons (Fsp3) is 0.273. The van der Waals surface area contributed by atoms with Gasteiger partial charge in [-0.2, -0.15) is 0 Å². The van der Waals surface area contributed by atoms with Gasteiger partial charge in [0, 0.05) is 15.9 Å². The zero-order valence-electron chi connectivity index (χ0n) is 8.52. The van der Waals surface area contributed by atoms with Gasteiger partial charge in [0.05, 0.1) is 0 Å². The van der Waals surface area contributed by atoms with Crippen LogP contribution in [0.4, 0.5) is 0 Å². The molecule has 0 saturated carbocycles. The van der Waals surface area contributed by atoms with E-state index in [1.165, 1.54) is 5.56 Å².